The molecular formula is C15H14N4O. The molecule has 0 bridgehead atoms. The van der Waals surface area contributed by atoms with Crippen LogP contribution in [0.5, 0.6) is 5.75 Å². The summed E-state index contributed by atoms with van der Waals surface area (Å²) >= 11 is 0. The fourth-order valence-electron chi connectivity index (χ4n) is 2.54. The van der Waals surface area contributed by atoms with Gasteiger partial charge >= 0.3 is 0 Å². The summed E-state index contributed by atoms with van der Waals surface area (Å²) in [5.74, 6) is 0.829. The van der Waals surface area contributed by atoms with Gasteiger partial charge in [-0.05, 0) is 37.1 Å². The van der Waals surface area contributed by atoms with Crippen molar-refractivity contribution in [2.45, 2.75) is 18.9 Å². The van der Waals surface area contributed by atoms with Crippen LogP contribution in [-0.2, 0) is 0 Å². The minimum atomic E-state index is 0.0877. The molecule has 5 heteroatoms. The molecule has 0 aliphatic heterocycles. The first-order valence-corrected chi connectivity index (χ1v) is 6.66. The van der Waals surface area contributed by atoms with E-state index in [-0.39, 0.29) is 5.75 Å². The van der Waals surface area contributed by atoms with Crippen LogP contribution < -0.4 is 5.73 Å². The number of nitrogen functional groups attached to an aromatic ring is 1. The van der Waals surface area contributed by atoms with Crippen LogP contribution in [0.2, 0.25) is 0 Å². The minimum absolute atomic E-state index is 0.0877. The first kappa shape index (κ1) is 11.3. The summed E-state index contributed by atoms with van der Waals surface area (Å²) in [6.07, 6.45) is 4.02. The molecule has 1 aromatic carbocycles. The van der Waals surface area contributed by atoms with E-state index in [0.29, 0.717) is 17.3 Å². The third kappa shape index (κ3) is 1.56. The van der Waals surface area contributed by atoms with Crippen LogP contribution in [0.1, 0.15) is 18.9 Å². The Bertz CT molecular complexity index is 805. The zero-order valence-corrected chi connectivity index (χ0v) is 10.8. The highest BCUT2D eigenvalue weighted by Crippen LogP contribution is 2.43. The van der Waals surface area contributed by atoms with E-state index in [2.05, 4.69) is 14.5 Å². The number of para-hydroxylation sites is 1. The molecule has 5 nitrogen and oxygen atoms in total. The van der Waals surface area contributed by atoms with Gasteiger partial charge < -0.3 is 15.4 Å². The monoisotopic (exact) mass is 266 g/mol. The number of hydrogen-bond acceptors (Lipinski definition) is 4. The second kappa shape index (κ2) is 3.96. The molecule has 100 valence electrons. The van der Waals surface area contributed by atoms with Crippen molar-refractivity contribution in [1.29, 1.82) is 0 Å². The maximum Gasteiger partial charge on any atom is 0.160 e. The Hall–Kier alpha value is -2.56. The van der Waals surface area contributed by atoms with Crippen LogP contribution in [0.3, 0.4) is 0 Å². The molecule has 1 fully saturated rings. The average molecular weight is 266 g/mol. The van der Waals surface area contributed by atoms with Crippen molar-refractivity contribution in [2.24, 2.45) is 0 Å². The molecule has 0 saturated heterocycles. The summed E-state index contributed by atoms with van der Waals surface area (Å²) in [6.45, 7) is 0. The molecule has 2 heterocycles. The Balaban J connectivity index is 2.04. The summed E-state index contributed by atoms with van der Waals surface area (Å²) in [6, 6.07) is 9.58. The highest BCUT2D eigenvalue weighted by Gasteiger charge is 2.30. The molecular weight excluding hydrogens is 252 g/mol. The van der Waals surface area contributed by atoms with Crippen molar-refractivity contribution in [2.75, 3.05) is 5.73 Å². The maximum absolute atomic E-state index is 10.2. The zero-order valence-electron chi connectivity index (χ0n) is 10.8. The van der Waals surface area contributed by atoms with E-state index in [4.69, 9.17) is 5.73 Å². The topological polar surface area (TPSA) is 77.0 Å². The van der Waals surface area contributed by atoms with Crippen LogP contribution >= 0.6 is 0 Å². The van der Waals surface area contributed by atoms with Gasteiger partial charge in [-0.1, -0.05) is 6.07 Å². The lowest BCUT2D eigenvalue weighted by molar-refractivity contribution is 0.479. The number of nitrogens with two attached hydrogens (primary N) is 1. The average Bonchev–Trinajstić information content (AvgIpc) is 3.22. The first-order chi connectivity index (χ1) is 9.75. The Morgan fingerprint density at radius 3 is 2.85 bits per heavy atom. The smallest absolute Gasteiger partial charge is 0.160 e. The van der Waals surface area contributed by atoms with Crippen molar-refractivity contribution in [3.63, 3.8) is 0 Å². The van der Waals surface area contributed by atoms with Crippen LogP contribution in [0.4, 0.5) is 5.69 Å². The Labute approximate surface area is 115 Å². The molecule has 3 aromatic rings. The van der Waals surface area contributed by atoms with E-state index in [1.807, 2.05) is 24.3 Å². The van der Waals surface area contributed by atoms with Crippen LogP contribution in [0.25, 0.3) is 22.6 Å². The maximum atomic E-state index is 10.2. The van der Waals surface area contributed by atoms with E-state index < -0.39 is 0 Å². The Morgan fingerprint density at radius 1 is 1.20 bits per heavy atom. The number of benzene rings is 1. The van der Waals surface area contributed by atoms with E-state index in [1.165, 1.54) is 0 Å². The summed E-state index contributed by atoms with van der Waals surface area (Å²) in [5, 5.41) is 10.2. The van der Waals surface area contributed by atoms with Gasteiger partial charge in [0.15, 0.2) is 5.65 Å². The van der Waals surface area contributed by atoms with Crippen LogP contribution in [-0.4, -0.2) is 19.6 Å². The largest absolute Gasteiger partial charge is 0.505 e. The molecule has 0 spiro atoms. The molecule has 2 aromatic heterocycles. The molecule has 0 amide bonds. The van der Waals surface area contributed by atoms with Crippen LogP contribution in [0.15, 0.2) is 36.5 Å². The third-order valence-electron chi connectivity index (χ3n) is 3.67. The number of phenols is 1. The van der Waals surface area contributed by atoms with Crippen molar-refractivity contribution in [1.82, 2.24) is 14.5 Å². The Morgan fingerprint density at radius 2 is 2.05 bits per heavy atom. The van der Waals surface area contributed by atoms with Crippen LogP contribution in [0, 0.1) is 0 Å². The lowest BCUT2D eigenvalue weighted by Gasteiger charge is -2.09. The second-order valence-corrected chi connectivity index (χ2v) is 5.13. The van der Waals surface area contributed by atoms with Gasteiger partial charge in [-0.25, -0.2) is 9.97 Å². The summed E-state index contributed by atoms with van der Waals surface area (Å²) in [4.78, 5) is 9.06. The van der Waals surface area contributed by atoms with Crippen molar-refractivity contribution < 1.29 is 5.11 Å². The van der Waals surface area contributed by atoms with E-state index in [9.17, 15) is 5.11 Å². The number of aromatic nitrogens is 3. The molecule has 0 radical (unpaired) electrons. The van der Waals surface area contributed by atoms with Gasteiger partial charge in [0.05, 0.1) is 11.3 Å². The van der Waals surface area contributed by atoms with Gasteiger partial charge in [-0.2, -0.15) is 0 Å². The van der Waals surface area contributed by atoms with E-state index >= 15 is 0 Å². The van der Waals surface area contributed by atoms with Crippen molar-refractivity contribution in [3.8, 4) is 17.1 Å². The highest BCUT2D eigenvalue weighted by atomic mass is 16.3. The molecule has 20 heavy (non-hydrogen) atoms. The number of fused-ring (bicyclic) bond motifs is 1. The molecule has 0 unspecified atom stereocenters. The number of aromatic hydroxyl groups is 1. The number of anilines is 1. The molecule has 1 aliphatic carbocycles. The van der Waals surface area contributed by atoms with Gasteiger partial charge in [0.25, 0.3) is 0 Å². The predicted molar refractivity (Wildman–Crippen MR) is 77.3 cm³/mol. The molecule has 0 atom stereocenters. The fourth-order valence-corrected chi connectivity index (χ4v) is 2.54. The number of phenolic OH excluding ortho intramolecular Hbond substituents is 1. The summed E-state index contributed by atoms with van der Waals surface area (Å²) in [7, 11) is 0. The normalized spacial score (nSPS) is 14.8. The van der Waals surface area contributed by atoms with Gasteiger partial charge in [-0.15, -0.1) is 0 Å². The zero-order chi connectivity index (χ0) is 13.7. The highest BCUT2D eigenvalue weighted by molar-refractivity contribution is 5.81. The number of nitrogens with zero attached hydrogens (tertiary/aromatic N) is 3. The number of rotatable bonds is 2. The lowest BCUT2D eigenvalue weighted by Crippen LogP contribution is -1.99. The van der Waals surface area contributed by atoms with Gasteiger partial charge in [0.2, 0.25) is 0 Å². The van der Waals surface area contributed by atoms with E-state index in [0.717, 1.165) is 29.8 Å². The molecule has 1 aliphatic rings. The number of hydrogen-bond donors (Lipinski definition) is 2. The second-order valence-electron chi connectivity index (χ2n) is 5.13. The minimum Gasteiger partial charge on any atom is -0.505 e. The fraction of sp³-hybridized carbons (Fsp3) is 0.200. The van der Waals surface area contributed by atoms with Crippen molar-refractivity contribution in [3.05, 3.63) is 36.5 Å². The van der Waals surface area contributed by atoms with Crippen molar-refractivity contribution >= 4 is 16.9 Å². The molecule has 3 N–H and O–H groups in total. The van der Waals surface area contributed by atoms with Gasteiger partial charge in [0.1, 0.15) is 17.1 Å². The SMILES string of the molecule is Nc1cccc(-c2nc3cccnc3n2C2CC2)c1O. The number of imidazole rings is 1. The number of pyridine rings is 1. The third-order valence-corrected chi connectivity index (χ3v) is 3.67. The molecule has 1 saturated carbocycles. The quantitative estimate of drug-likeness (QED) is 0.552. The predicted octanol–water partition coefficient (Wildman–Crippen LogP) is 2.72. The molecule has 4 rings (SSSR count). The standard InChI is InChI=1S/C15H14N4O/c16-11-4-1-3-10(13(11)20)14-18-12-5-2-8-17-15(12)19(14)9-6-7-9/h1-5,8-9,20H,6-7,16H2. The summed E-state index contributed by atoms with van der Waals surface area (Å²) < 4.78 is 2.11. The van der Waals surface area contributed by atoms with E-state index in [1.54, 1.807) is 12.3 Å². The first-order valence-electron chi connectivity index (χ1n) is 6.66. The summed E-state index contributed by atoms with van der Waals surface area (Å²) in [5.41, 5.74) is 8.53. The van der Waals surface area contributed by atoms with Gasteiger partial charge in [-0.3, -0.25) is 0 Å². The van der Waals surface area contributed by atoms with Gasteiger partial charge in [0, 0.05) is 12.2 Å². The lowest BCUT2D eigenvalue weighted by atomic mass is 10.1. The Kier molecular flexibility index (Phi) is 2.24.